The lowest BCUT2D eigenvalue weighted by molar-refractivity contribution is 0.102. The van der Waals surface area contributed by atoms with Gasteiger partial charge in [-0.3, -0.25) is 28.1 Å². The molecule has 9 nitrogen and oxygen atoms in total. The second kappa shape index (κ2) is 9.96. The first-order valence-corrected chi connectivity index (χ1v) is 11.9. The van der Waals surface area contributed by atoms with Gasteiger partial charge in [0, 0.05) is 25.2 Å². The van der Waals surface area contributed by atoms with Gasteiger partial charge in [-0.15, -0.1) is 0 Å². The van der Waals surface area contributed by atoms with Gasteiger partial charge in [0.25, 0.3) is 11.1 Å². The molecule has 0 spiro atoms. The number of carbonyl (C=O) groups excluding carboxylic acids is 1. The number of thioether (sulfide) groups is 1. The molecule has 33 heavy (non-hydrogen) atoms. The Bertz CT molecular complexity index is 1410. The Balaban J connectivity index is 2.03. The standard InChI is InChI=1S/C22H26ClN5O4S/c1-5-8-27-19(30)14-7-6-13(23)9-15(14)25-21(27)33-11-16(29)17-18(24)28(10-12(2)3)22(32)26(4)20(17)31/h6-7,9,12H,5,8,10-11,24H2,1-4H3. The summed E-state index contributed by atoms with van der Waals surface area (Å²) in [5.41, 5.74) is 4.75. The lowest BCUT2D eigenvalue weighted by Gasteiger charge is -2.16. The first kappa shape index (κ1) is 24.8. The Morgan fingerprint density at radius 2 is 1.88 bits per heavy atom. The highest BCUT2D eigenvalue weighted by Gasteiger charge is 2.23. The van der Waals surface area contributed by atoms with Crippen LogP contribution in [0.4, 0.5) is 5.82 Å². The number of fused-ring (bicyclic) bond motifs is 1. The van der Waals surface area contributed by atoms with Crippen LogP contribution in [0, 0.1) is 5.92 Å². The third-order valence-electron chi connectivity index (χ3n) is 5.07. The van der Waals surface area contributed by atoms with E-state index in [1.807, 2.05) is 20.8 Å². The van der Waals surface area contributed by atoms with Crippen LogP contribution in [0.25, 0.3) is 10.9 Å². The van der Waals surface area contributed by atoms with Gasteiger partial charge in [-0.25, -0.2) is 9.78 Å². The summed E-state index contributed by atoms with van der Waals surface area (Å²) in [4.78, 5) is 55.7. The van der Waals surface area contributed by atoms with Crippen LogP contribution in [0.3, 0.4) is 0 Å². The zero-order valence-corrected chi connectivity index (χ0v) is 20.5. The molecule has 2 heterocycles. The monoisotopic (exact) mass is 491 g/mol. The number of nitrogens with zero attached hydrogens (tertiary/aromatic N) is 4. The average Bonchev–Trinajstić information content (AvgIpc) is 2.76. The Kier molecular flexibility index (Phi) is 7.48. The minimum atomic E-state index is -0.743. The van der Waals surface area contributed by atoms with Crippen LogP contribution in [0.1, 0.15) is 37.6 Å². The van der Waals surface area contributed by atoms with Crippen molar-refractivity contribution in [2.75, 3.05) is 11.5 Å². The van der Waals surface area contributed by atoms with Gasteiger partial charge in [-0.1, -0.05) is 44.1 Å². The summed E-state index contributed by atoms with van der Waals surface area (Å²) in [6, 6.07) is 4.85. The van der Waals surface area contributed by atoms with E-state index in [0.29, 0.717) is 34.0 Å². The molecule has 3 rings (SSSR count). The van der Waals surface area contributed by atoms with Crippen molar-refractivity contribution in [3.8, 4) is 0 Å². The predicted molar refractivity (Wildman–Crippen MR) is 132 cm³/mol. The van der Waals surface area contributed by atoms with Crippen molar-refractivity contribution in [2.45, 2.75) is 45.4 Å². The van der Waals surface area contributed by atoms with Gasteiger partial charge in [0.05, 0.1) is 16.7 Å². The Morgan fingerprint density at radius 3 is 2.52 bits per heavy atom. The molecule has 0 aliphatic rings. The number of hydrogen-bond acceptors (Lipinski definition) is 7. The molecule has 0 amide bonds. The summed E-state index contributed by atoms with van der Waals surface area (Å²) in [5, 5.41) is 1.22. The van der Waals surface area contributed by atoms with E-state index in [2.05, 4.69) is 4.98 Å². The molecule has 2 aromatic heterocycles. The van der Waals surface area contributed by atoms with Crippen molar-refractivity contribution in [3.05, 3.63) is 60.0 Å². The van der Waals surface area contributed by atoms with Crippen molar-refractivity contribution in [3.63, 3.8) is 0 Å². The van der Waals surface area contributed by atoms with E-state index in [0.717, 1.165) is 16.3 Å². The summed E-state index contributed by atoms with van der Waals surface area (Å²) < 4.78 is 3.64. The highest BCUT2D eigenvalue weighted by molar-refractivity contribution is 7.99. The summed E-state index contributed by atoms with van der Waals surface area (Å²) in [6.07, 6.45) is 0.690. The maximum Gasteiger partial charge on any atom is 0.332 e. The van der Waals surface area contributed by atoms with E-state index in [4.69, 9.17) is 17.3 Å². The van der Waals surface area contributed by atoms with Crippen molar-refractivity contribution < 1.29 is 4.79 Å². The quantitative estimate of drug-likeness (QED) is 0.292. The maximum atomic E-state index is 13.1. The van der Waals surface area contributed by atoms with Gasteiger partial charge in [0.2, 0.25) is 0 Å². The van der Waals surface area contributed by atoms with Gasteiger partial charge in [0.15, 0.2) is 10.9 Å². The van der Waals surface area contributed by atoms with Crippen LogP contribution < -0.4 is 22.5 Å². The van der Waals surface area contributed by atoms with Crippen molar-refractivity contribution in [2.24, 2.45) is 13.0 Å². The van der Waals surface area contributed by atoms with Crippen molar-refractivity contribution >= 4 is 45.9 Å². The molecule has 0 radical (unpaired) electrons. The van der Waals surface area contributed by atoms with Gasteiger partial charge >= 0.3 is 5.69 Å². The molecule has 0 aliphatic heterocycles. The smallest absolute Gasteiger partial charge is 0.332 e. The Morgan fingerprint density at radius 1 is 1.18 bits per heavy atom. The molecule has 0 aliphatic carbocycles. The molecule has 0 atom stereocenters. The lowest BCUT2D eigenvalue weighted by atomic mass is 10.2. The second-order valence-corrected chi connectivity index (χ2v) is 9.51. The fourth-order valence-electron chi connectivity index (χ4n) is 3.49. The average molecular weight is 492 g/mol. The molecule has 176 valence electrons. The topological polar surface area (TPSA) is 122 Å². The first-order valence-electron chi connectivity index (χ1n) is 10.5. The van der Waals surface area contributed by atoms with Crippen LogP contribution in [0.15, 0.2) is 37.7 Å². The van der Waals surface area contributed by atoms with Crippen molar-refractivity contribution in [1.29, 1.82) is 0 Å². The van der Waals surface area contributed by atoms with E-state index in [1.54, 1.807) is 18.2 Å². The number of benzene rings is 1. The van der Waals surface area contributed by atoms with Crippen LogP contribution in [-0.2, 0) is 20.1 Å². The van der Waals surface area contributed by atoms with Gasteiger partial charge in [-0.05, 0) is 30.5 Å². The minimum absolute atomic E-state index is 0.0805. The number of rotatable bonds is 8. The summed E-state index contributed by atoms with van der Waals surface area (Å²) >= 11 is 7.10. The number of nitrogens with two attached hydrogens (primary N) is 1. The molecular formula is C22H26ClN5O4S. The molecule has 0 unspecified atom stereocenters. The highest BCUT2D eigenvalue weighted by Crippen LogP contribution is 2.22. The molecule has 0 saturated heterocycles. The van der Waals surface area contributed by atoms with Gasteiger partial charge in [-0.2, -0.15) is 0 Å². The predicted octanol–water partition coefficient (Wildman–Crippen LogP) is 2.53. The van der Waals surface area contributed by atoms with Crippen molar-refractivity contribution in [1.82, 2.24) is 18.7 Å². The Labute approximate surface area is 199 Å². The molecule has 3 aromatic rings. The Hall–Kier alpha value is -2.85. The molecular weight excluding hydrogens is 466 g/mol. The number of hydrogen-bond donors (Lipinski definition) is 1. The molecule has 0 bridgehead atoms. The largest absolute Gasteiger partial charge is 0.384 e. The lowest BCUT2D eigenvalue weighted by Crippen LogP contribution is -2.43. The third-order valence-corrected chi connectivity index (χ3v) is 6.28. The number of halogens is 1. The van der Waals surface area contributed by atoms with Crippen LogP contribution in [-0.4, -0.2) is 30.2 Å². The molecule has 2 N–H and O–H groups in total. The fraction of sp³-hybridized carbons (Fsp3) is 0.409. The molecule has 1 aromatic carbocycles. The number of nitrogen functional groups attached to an aromatic ring is 1. The fourth-order valence-corrected chi connectivity index (χ4v) is 4.56. The molecule has 0 saturated carbocycles. The third kappa shape index (κ3) is 4.91. The zero-order valence-electron chi connectivity index (χ0n) is 18.9. The highest BCUT2D eigenvalue weighted by atomic mass is 35.5. The summed E-state index contributed by atoms with van der Waals surface area (Å²) in [7, 11) is 1.32. The molecule has 11 heteroatoms. The number of anilines is 1. The van der Waals surface area contributed by atoms with E-state index in [1.165, 1.54) is 16.2 Å². The van der Waals surface area contributed by atoms with E-state index in [9.17, 15) is 19.2 Å². The number of Topliss-reactive ketones (excluding diaryl/α,β-unsaturated/α-hetero) is 1. The zero-order chi connectivity index (χ0) is 24.4. The van der Waals surface area contributed by atoms with Crippen LogP contribution in [0.5, 0.6) is 0 Å². The summed E-state index contributed by atoms with van der Waals surface area (Å²) in [5.74, 6) is -0.788. The van der Waals surface area contributed by atoms with Gasteiger partial charge in [0.1, 0.15) is 11.4 Å². The van der Waals surface area contributed by atoms with E-state index in [-0.39, 0.29) is 35.2 Å². The van der Waals surface area contributed by atoms with E-state index >= 15 is 0 Å². The molecule has 0 fully saturated rings. The number of aromatic nitrogens is 4. The summed E-state index contributed by atoms with van der Waals surface area (Å²) in [6.45, 7) is 6.43. The minimum Gasteiger partial charge on any atom is -0.384 e. The first-order chi connectivity index (χ1) is 15.6. The SMILES string of the molecule is CCCn1c(SCC(=O)c2c(N)n(CC(C)C)c(=O)n(C)c2=O)nc2cc(Cl)ccc2c1=O. The van der Waals surface area contributed by atoms with Crippen LogP contribution in [0.2, 0.25) is 5.02 Å². The van der Waals surface area contributed by atoms with E-state index < -0.39 is 17.0 Å². The second-order valence-electron chi connectivity index (χ2n) is 8.14. The maximum absolute atomic E-state index is 13.1. The number of ketones is 1. The number of carbonyl (C=O) groups is 1. The normalized spacial score (nSPS) is 11.5. The van der Waals surface area contributed by atoms with Crippen LogP contribution >= 0.6 is 23.4 Å². The van der Waals surface area contributed by atoms with Gasteiger partial charge < -0.3 is 5.73 Å².